The molecule has 7 heteroatoms. The lowest BCUT2D eigenvalue weighted by molar-refractivity contribution is 0.260. The SMILES string of the molecule is C=CCN(CCO)S(=O)(=O)c1ccsc1CNC(C)C. The van der Waals surface area contributed by atoms with Crippen molar-refractivity contribution in [3.05, 3.63) is 29.0 Å². The van der Waals surface area contributed by atoms with E-state index in [0.29, 0.717) is 11.4 Å². The fourth-order valence-electron chi connectivity index (χ4n) is 1.69. The number of hydrogen-bond acceptors (Lipinski definition) is 5. The third-order valence-electron chi connectivity index (χ3n) is 2.68. The molecule has 114 valence electrons. The topological polar surface area (TPSA) is 69.6 Å². The van der Waals surface area contributed by atoms with Gasteiger partial charge < -0.3 is 10.4 Å². The Morgan fingerprint density at radius 3 is 2.80 bits per heavy atom. The summed E-state index contributed by atoms with van der Waals surface area (Å²) in [6, 6.07) is 1.90. The Kier molecular flexibility index (Phi) is 6.84. The molecule has 0 saturated heterocycles. The van der Waals surface area contributed by atoms with Crippen LogP contribution in [0.5, 0.6) is 0 Å². The molecular weight excluding hydrogens is 296 g/mol. The minimum absolute atomic E-state index is 0.0707. The summed E-state index contributed by atoms with van der Waals surface area (Å²) in [6.07, 6.45) is 1.52. The highest BCUT2D eigenvalue weighted by atomic mass is 32.2. The molecule has 1 heterocycles. The number of hydrogen-bond donors (Lipinski definition) is 2. The number of aliphatic hydroxyl groups excluding tert-OH is 1. The minimum atomic E-state index is -3.59. The second-order valence-corrected chi connectivity index (χ2v) is 7.53. The molecule has 0 bridgehead atoms. The van der Waals surface area contributed by atoms with Crippen molar-refractivity contribution in [3.63, 3.8) is 0 Å². The standard InChI is InChI=1S/C13H22N2O3S2/c1-4-6-15(7-8-16)20(17,18)13-5-9-19-12(13)10-14-11(2)3/h4-5,9,11,14,16H,1,6-8,10H2,2-3H3. The van der Waals surface area contributed by atoms with Gasteiger partial charge in [0.2, 0.25) is 10.0 Å². The van der Waals surface area contributed by atoms with Gasteiger partial charge in [-0.25, -0.2) is 8.42 Å². The zero-order valence-electron chi connectivity index (χ0n) is 11.9. The monoisotopic (exact) mass is 318 g/mol. The fraction of sp³-hybridized carbons (Fsp3) is 0.538. The van der Waals surface area contributed by atoms with Gasteiger partial charge in [0, 0.05) is 30.6 Å². The van der Waals surface area contributed by atoms with Gasteiger partial charge in [-0.15, -0.1) is 17.9 Å². The van der Waals surface area contributed by atoms with Crippen LogP contribution in [0.25, 0.3) is 0 Å². The van der Waals surface area contributed by atoms with Crippen LogP contribution in [0, 0.1) is 0 Å². The van der Waals surface area contributed by atoms with E-state index < -0.39 is 10.0 Å². The molecule has 0 aromatic carbocycles. The van der Waals surface area contributed by atoms with E-state index in [0.717, 1.165) is 4.88 Å². The summed E-state index contributed by atoms with van der Waals surface area (Å²) < 4.78 is 26.4. The maximum atomic E-state index is 12.6. The van der Waals surface area contributed by atoms with Crippen LogP contribution in [0.2, 0.25) is 0 Å². The van der Waals surface area contributed by atoms with E-state index in [1.807, 2.05) is 13.8 Å². The molecule has 0 fully saturated rings. The molecule has 0 radical (unpaired) electrons. The second kappa shape index (κ2) is 7.90. The first-order valence-corrected chi connectivity index (χ1v) is 8.77. The van der Waals surface area contributed by atoms with E-state index in [4.69, 9.17) is 5.11 Å². The van der Waals surface area contributed by atoms with Crippen molar-refractivity contribution in [2.75, 3.05) is 19.7 Å². The first-order valence-electron chi connectivity index (χ1n) is 6.45. The quantitative estimate of drug-likeness (QED) is 0.676. The highest BCUT2D eigenvalue weighted by molar-refractivity contribution is 7.89. The van der Waals surface area contributed by atoms with Crippen LogP contribution in [0.15, 0.2) is 29.0 Å². The van der Waals surface area contributed by atoms with Gasteiger partial charge in [0.05, 0.1) is 11.5 Å². The molecule has 0 amide bonds. The van der Waals surface area contributed by atoms with Gasteiger partial charge in [0.1, 0.15) is 0 Å². The summed E-state index contributed by atoms with van der Waals surface area (Å²) in [4.78, 5) is 1.09. The zero-order valence-corrected chi connectivity index (χ0v) is 13.5. The molecule has 0 aliphatic heterocycles. The average molecular weight is 318 g/mol. The van der Waals surface area contributed by atoms with E-state index >= 15 is 0 Å². The molecule has 5 nitrogen and oxygen atoms in total. The van der Waals surface area contributed by atoms with Crippen molar-refractivity contribution in [1.29, 1.82) is 0 Å². The fourth-order valence-corrected chi connectivity index (χ4v) is 4.46. The Morgan fingerprint density at radius 1 is 1.55 bits per heavy atom. The van der Waals surface area contributed by atoms with Gasteiger partial charge in [0.25, 0.3) is 0 Å². The molecule has 2 N–H and O–H groups in total. The zero-order chi connectivity index (χ0) is 15.2. The largest absolute Gasteiger partial charge is 0.395 e. The van der Waals surface area contributed by atoms with E-state index in [1.165, 1.54) is 21.7 Å². The number of nitrogens with zero attached hydrogens (tertiary/aromatic N) is 1. The third-order valence-corrected chi connectivity index (χ3v) is 5.68. The molecule has 1 rings (SSSR count). The van der Waals surface area contributed by atoms with Crippen molar-refractivity contribution in [3.8, 4) is 0 Å². The summed E-state index contributed by atoms with van der Waals surface area (Å²) in [5.41, 5.74) is 0. The molecule has 0 aliphatic rings. The van der Waals surface area contributed by atoms with Crippen LogP contribution in [0.4, 0.5) is 0 Å². The smallest absolute Gasteiger partial charge is 0.244 e. The predicted molar refractivity (Wildman–Crippen MR) is 82.3 cm³/mol. The summed E-state index contributed by atoms with van der Waals surface area (Å²) in [5.74, 6) is 0. The van der Waals surface area contributed by atoms with E-state index in [9.17, 15) is 8.42 Å². The van der Waals surface area contributed by atoms with E-state index in [2.05, 4.69) is 11.9 Å². The average Bonchev–Trinajstić information content (AvgIpc) is 2.85. The van der Waals surface area contributed by atoms with Crippen LogP contribution in [0.1, 0.15) is 18.7 Å². The summed E-state index contributed by atoms with van der Waals surface area (Å²) in [5, 5.41) is 14.0. The summed E-state index contributed by atoms with van der Waals surface area (Å²) in [6.45, 7) is 8.15. The van der Waals surface area contributed by atoms with Gasteiger partial charge in [-0.05, 0) is 11.4 Å². The van der Waals surface area contributed by atoms with Gasteiger partial charge in [-0.2, -0.15) is 4.31 Å². The van der Waals surface area contributed by atoms with Crippen LogP contribution in [0.3, 0.4) is 0 Å². The van der Waals surface area contributed by atoms with Gasteiger partial charge in [0.15, 0.2) is 0 Å². The lowest BCUT2D eigenvalue weighted by atomic mass is 10.4. The molecule has 1 aromatic rings. The molecule has 0 unspecified atom stereocenters. The number of aliphatic hydroxyl groups is 1. The molecule has 0 spiro atoms. The molecule has 0 saturated carbocycles. The highest BCUT2D eigenvalue weighted by Crippen LogP contribution is 2.25. The van der Waals surface area contributed by atoms with Crippen molar-refractivity contribution >= 4 is 21.4 Å². The molecule has 20 heavy (non-hydrogen) atoms. The summed E-state index contributed by atoms with van der Waals surface area (Å²) >= 11 is 1.42. The Bertz CT molecular complexity index is 523. The Balaban J connectivity index is 3.01. The highest BCUT2D eigenvalue weighted by Gasteiger charge is 2.26. The van der Waals surface area contributed by atoms with Crippen LogP contribution >= 0.6 is 11.3 Å². The van der Waals surface area contributed by atoms with E-state index in [-0.39, 0.29) is 25.7 Å². The predicted octanol–water partition coefficient (Wildman–Crippen LogP) is 1.42. The Morgan fingerprint density at radius 2 is 2.25 bits per heavy atom. The summed E-state index contributed by atoms with van der Waals surface area (Å²) in [7, 11) is -3.59. The maximum Gasteiger partial charge on any atom is 0.244 e. The number of nitrogens with one attached hydrogen (secondary N) is 1. The third kappa shape index (κ3) is 4.39. The first kappa shape index (κ1) is 17.3. The van der Waals surface area contributed by atoms with Crippen molar-refractivity contribution in [2.24, 2.45) is 0 Å². The van der Waals surface area contributed by atoms with Crippen LogP contribution < -0.4 is 5.32 Å². The van der Waals surface area contributed by atoms with Gasteiger partial charge in [-0.3, -0.25) is 0 Å². The minimum Gasteiger partial charge on any atom is -0.395 e. The van der Waals surface area contributed by atoms with Crippen molar-refractivity contribution in [1.82, 2.24) is 9.62 Å². The lowest BCUT2D eigenvalue weighted by Gasteiger charge is -2.20. The van der Waals surface area contributed by atoms with Crippen molar-refractivity contribution in [2.45, 2.75) is 31.3 Å². The maximum absolute atomic E-state index is 12.6. The number of thiophene rings is 1. The van der Waals surface area contributed by atoms with Crippen molar-refractivity contribution < 1.29 is 13.5 Å². The first-order chi connectivity index (χ1) is 9.43. The van der Waals surface area contributed by atoms with Gasteiger partial charge in [-0.1, -0.05) is 19.9 Å². The van der Waals surface area contributed by atoms with Crippen LogP contribution in [-0.4, -0.2) is 43.6 Å². The number of rotatable bonds is 9. The van der Waals surface area contributed by atoms with E-state index in [1.54, 1.807) is 11.4 Å². The molecule has 0 aliphatic carbocycles. The van der Waals surface area contributed by atoms with Crippen LogP contribution in [-0.2, 0) is 16.6 Å². The second-order valence-electron chi connectivity index (χ2n) is 4.62. The molecule has 0 atom stereocenters. The Hall–Kier alpha value is -0.730. The number of sulfonamides is 1. The molecular formula is C13H22N2O3S2. The lowest BCUT2D eigenvalue weighted by Crippen LogP contribution is -2.34. The molecule has 1 aromatic heterocycles. The normalized spacial score (nSPS) is 12.2. The Labute approximate surface area is 125 Å². The van der Waals surface area contributed by atoms with Gasteiger partial charge >= 0.3 is 0 Å².